The maximum atomic E-state index is 12.6. The van der Waals surface area contributed by atoms with Gasteiger partial charge in [0.2, 0.25) is 5.95 Å². The smallest absolute Gasteiger partial charge is 0.212 e. The van der Waals surface area contributed by atoms with E-state index in [9.17, 15) is 4.39 Å². The minimum absolute atomic E-state index is 0.409. The highest BCUT2D eigenvalue weighted by Gasteiger charge is 2.34. The Kier molecular flexibility index (Phi) is 1.67. The highest BCUT2D eigenvalue weighted by Crippen LogP contribution is 2.35. The number of hydrogen-bond donors (Lipinski definition) is 1. The van der Waals surface area contributed by atoms with Crippen molar-refractivity contribution in [2.24, 2.45) is 5.92 Å². The number of nitrogens with one attached hydrogen (secondary N) is 1. The number of halogens is 1. The molecule has 1 aromatic heterocycles. The molecular weight excluding hydrogens is 179 g/mol. The maximum absolute atomic E-state index is 12.6. The van der Waals surface area contributed by atoms with Gasteiger partial charge in [-0.1, -0.05) is 6.08 Å². The SMILES string of the molecule is Fc1ccc(C2=C[C@@H]3NC[C@@H]3C2)cn1. The molecular formula is C11H11FN2. The van der Waals surface area contributed by atoms with Gasteiger partial charge in [0.05, 0.1) is 0 Å². The van der Waals surface area contributed by atoms with E-state index in [0.717, 1.165) is 24.4 Å². The molecule has 3 heteroatoms. The Bertz CT molecular complexity index is 383. The monoisotopic (exact) mass is 190 g/mol. The van der Waals surface area contributed by atoms with Crippen molar-refractivity contribution in [2.45, 2.75) is 12.5 Å². The Morgan fingerprint density at radius 1 is 1.43 bits per heavy atom. The summed E-state index contributed by atoms with van der Waals surface area (Å²) in [4.78, 5) is 3.67. The van der Waals surface area contributed by atoms with Gasteiger partial charge in [-0.2, -0.15) is 4.39 Å². The van der Waals surface area contributed by atoms with E-state index in [1.165, 1.54) is 11.6 Å². The summed E-state index contributed by atoms with van der Waals surface area (Å²) >= 11 is 0. The van der Waals surface area contributed by atoms with Gasteiger partial charge in [0.15, 0.2) is 0 Å². The van der Waals surface area contributed by atoms with Crippen molar-refractivity contribution >= 4 is 5.57 Å². The first-order chi connectivity index (χ1) is 6.83. The van der Waals surface area contributed by atoms with E-state index in [4.69, 9.17) is 0 Å². The summed E-state index contributed by atoms with van der Waals surface area (Å²) < 4.78 is 12.6. The molecule has 72 valence electrons. The van der Waals surface area contributed by atoms with E-state index in [0.29, 0.717) is 6.04 Å². The van der Waals surface area contributed by atoms with E-state index >= 15 is 0 Å². The number of fused-ring (bicyclic) bond motifs is 1. The molecule has 1 N–H and O–H groups in total. The second-order valence-corrected chi connectivity index (χ2v) is 3.96. The fourth-order valence-electron chi connectivity index (χ4n) is 2.16. The van der Waals surface area contributed by atoms with Crippen molar-refractivity contribution in [3.8, 4) is 0 Å². The highest BCUT2D eigenvalue weighted by molar-refractivity contribution is 5.68. The van der Waals surface area contributed by atoms with Gasteiger partial charge >= 0.3 is 0 Å². The van der Waals surface area contributed by atoms with Gasteiger partial charge in [0.25, 0.3) is 0 Å². The Labute approximate surface area is 81.9 Å². The second-order valence-electron chi connectivity index (χ2n) is 3.96. The topological polar surface area (TPSA) is 24.9 Å². The van der Waals surface area contributed by atoms with Crippen molar-refractivity contribution in [2.75, 3.05) is 6.54 Å². The number of nitrogens with zero attached hydrogens (tertiary/aromatic N) is 1. The third kappa shape index (κ3) is 1.16. The number of hydrogen-bond acceptors (Lipinski definition) is 2. The molecule has 2 atom stereocenters. The van der Waals surface area contributed by atoms with Crippen molar-refractivity contribution in [3.63, 3.8) is 0 Å². The predicted molar refractivity (Wildman–Crippen MR) is 52.1 cm³/mol. The quantitative estimate of drug-likeness (QED) is 0.680. The molecule has 14 heavy (non-hydrogen) atoms. The lowest BCUT2D eigenvalue weighted by molar-refractivity contribution is 0.301. The maximum Gasteiger partial charge on any atom is 0.212 e. The van der Waals surface area contributed by atoms with E-state index in [-0.39, 0.29) is 0 Å². The normalized spacial score (nSPS) is 29.4. The fourth-order valence-corrected chi connectivity index (χ4v) is 2.16. The van der Waals surface area contributed by atoms with Gasteiger partial charge in [-0.25, -0.2) is 4.98 Å². The van der Waals surface area contributed by atoms with Crippen LogP contribution in [0, 0.1) is 11.9 Å². The van der Waals surface area contributed by atoms with Crippen LogP contribution in [0.2, 0.25) is 0 Å². The molecule has 3 rings (SSSR count). The fraction of sp³-hybridized carbons (Fsp3) is 0.364. The van der Waals surface area contributed by atoms with Crippen LogP contribution in [0.1, 0.15) is 12.0 Å². The molecule has 2 aliphatic rings. The zero-order valence-electron chi connectivity index (χ0n) is 7.70. The molecule has 2 heterocycles. The number of aromatic nitrogens is 1. The lowest BCUT2D eigenvalue weighted by atomic mass is 9.94. The molecule has 0 amide bonds. The Hall–Kier alpha value is -1.22. The van der Waals surface area contributed by atoms with Crippen molar-refractivity contribution in [1.29, 1.82) is 0 Å². The average molecular weight is 190 g/mol. The molecule has 0 saturated carbocycles. The van der Waals surface area contributed by atoms with Crippen LogP contribution in [0.4, 0.5) is 4.39 Å². The van der Waals surface area contributed by atoms with Crippen LogP contribution >= 0.6 is 0 Å². The molecule has 0 radical (unpaired) electrons. The van der Waals surface area contributed by atoms with Crippen LogP contribution in [0.15, 0.2) is 24.4 Å². The molecule has 1 aliphatic carbocycles. The van der Waals surface area contributed by atoms with Crippen LogP contribution in [-0.4, -0.2) is 17.6 Å². The summed E-state index contributed by atoms with van der Waals surface area (Å²) in [5.41, 5.74) is 2.36. The van der Waals surface area contributed by atoms with Crippen LogP contribution < -0.4 is 5.32 Å². The van der Waals surface area contributed by atoms with Crippen LogP contribution in [0.5, 0.6) is 0 Å². The van der Waals surface area contributed by atoms with Crippen molar-refractivity contribution in [3.05, 3.63) is 35.9 Å². The Morgan fingerprint density at radius 3 is 2.86 bits per heavy atom. The first-order valence-corrected chi connectivity index (χ1v) is 4.89. The van der Waals surface area contributed by atoms with Crippen molar-refractivity contribution < 1.29 is 4.39 Å². The summed E-state index contributed by atoms with van der Waals surface area (Å²) in [6.07, 6.45) is 4.96. The minimum Gasteiger partial charge on any atom is -0.310 e. The third-order valence-electron chi connectivity index (χ3n) is 3.08. The van der Waals surface area contributed by atoms with Gasteiger partial charge in [-0.15, -0.1) is 0 Å². The lowest BCUT2D eigenvalue weighted by Gasteiger charge is -2.31. The molecule has 0 bridgehead atoms. The Balaban J connectivity index is 1.89. The average Bonchev–Trinajstić information content (AvgIpc) is 2.45. The van der Waals surface area contributed by atoms with E-state index < -0.39 is 5.95 Å². The minimum atomic E-state index is -0.409. The predicted octanol–water partition coefficient (Wildman–Crippen LogP) is 1.60. The molecule has 0 spiro atoms. The second kappa shape index (κ2) is 2.89. The van der Waals surface area contributed by atoms with Crippen molar-refractivity contribution in [1.82, 2.24) is 10.3 Å². The zero-order chi connectivity index (χ0) is 9.54. The van der Waals surface area contributed by atoms with Gasteiger partial charge in [-0.3, -0.25) is 0 Å². The molecule has 1 saturated heterocycles. The first kappa shape index (κ1) is 8.12. The summed E-state index contributed by atoms with van der Waals surface area (Å²) in [6.45, 7) is 1.11. The van der Waals surface area contributed by atoms with Gasteiger partial charge in [-0.05, 0) is 35.6 Å². The number of allylic oxidation sites excluding steroid dienone is 1. The largest absolute Gasteiger partial charge is 0.310 e. The first-order valence-electron chi connectivity index (χ1n) is 4.89. The van der Waals surface area contributed by atoms with E-state index in [1.54, 1.807) is 12.3 Å². The molecule has 1 fully saturated rings. The Morgan fingerprint density at radius 2 is 2.36 bits per heavy atom. The molecule has 0 aromatic carbocycles. The lowest BCUT2D eigenvalue weighted by Crippen LogP contribution is -2.49. The number of rotatable bonds is 1. The van der Waals surface area contributed by atoms with Gasteiger partial charge in [0, 0.05) is 18.8 Å². The third-order valence-corrected chi connectivity index (χ3v) is 3.08. The van der Waals surface area contributed by atoms with Gasteiger partial charge < -0.3 is 5.32 Å². The molecule has 2 nitrogen and oxygen atoms in total. The standard InChI is InChI=1S/C11H11FN2/c12-11-2-1-7(5-14-11)8-3-9-6-13-10(9)4-8/h1-2,4-5,9-10,13H,3,6H2/t9-,10-/m0/s1. The zero-order valence-corrected chi connectivity index (χ0v) is 7.70. The summed E-state index contributed by atoms with van der Waals surface area (Å²) in [7, 11) is 0. The van der Waals surface area contributed by atoms with Crippen LogP contribution in [0.3, 0.4) is 0 Å². The summed E-state index contributed by atoms with van der Waals surface area (Å²) in [6, 6.07) is 3.78. The van der Waals surface area contributed by atoms with Crippen LogP contribution in [0.25, 0.3) is 5.57 Å². The summed E-state index contributed by atoms with van der Waals surface area (Å²) in [5, 5.41) is 3.35. The van der Waals surface area contributed by atoms with Gasteiger partial charge in [0.1, 0.15) is 0 Å². The molecule has 1 aliphatic heterocycles. The van der Waals surface area contributed by atoms with E-state index in [1.807, 2.05) is 0 Å². The van der Waals surface area contributed by atoms with E-state index in [2.05, 4.69) is 16.4 Å². The highest BCUT2D eigenvalue weighted by atomic mass is 19.1. The van der Waals surface area contributed by atoms with Crippen LogP contribution in [-0.2, 0) is 0 Å². The molecule has 1 aromatic rings. The molecule has 0 unspecified atom stereocenters. The summed E-state index contributed by atoms with van der Waals surface area (Å²) in [5.74, 6) is 0.350. The number of pyridine rings is 1.